The van der Waals surface area contributed by atoms with Gasteiger partial charge in [-0.15, -0.1) is 11.3 Å². The van der Waals surface area contributed by atoms with Crippen LogP contribution in [0.25, 0.3) is 11.3 Å². The topological polar surface area (TPSA) is 68.0 Å². The largest absolute Gasteiger partial charge is 0.482 e. The number of anilines is 1. The number of amides is 1. The van der Waals surface area contributed by atoms with E-state index >= 15 is 0 Å². The quantitative estimate of drug-likeness (QED) is 0.407. The lowest BCUT2D eigenvalue weighted by Gasteiger charge is -2.18. The second-order valence-electron chi connectivity index (χ2n) is 9.30. The first-order valence-electron chi connectivity index (χ1n) is 11.7. The molecule has 0 spiro atoms. The summed E-state index contributed by atoms with van der Waals surface area (Å²) in [4.78, 5) is 17.7. The Morgan fingerprint density at radius 2 is 2.09 bits per heavy atom. The van der Waals surface area contributed by atoms with E-state index in [-0.39, 0.29) is 12.5 Å². The van der Waals surface area contributed by atoms with Crippen molar-refractivity contribution in [1.82, 2.24) is 4.68 Å². The van der Waals surface area contributed by atoms with Crippen LogP contribution in [-0.4, -0.2) is 23.4 Å². The van der Waals surface area contributed by atoms with Gasteiger partial charge in [-0.3, -0.25) is 4.79 Å². The van der Waals surface area contributed by atoms with Gasteiger partial charge in [-0.1, -0.05) is 24.3 Å². The highest BCUT2D eigenvalue weighted by atomic mass is 32.1. The lowest BCUT2D eigenvalue weighted by atomic mass is 9.95. The highest BCUT2D eigenvalue weighted by Crippen LogP contribution is 2.42. The maximum atomic E-state index is 11.8. The highest BCUT2D eigenvalue weighted by molar-refractivity contribution is 7.07. The summed E-state index contributed by atoms with van der Waals surface area (Å²) in [7, 11) is 0. The Balaban J connectivity index is 1.45. The lowest BCUT2D eigenvalue weighted by Crippen LogP contribution is -2.25. The molecule has 1 amide bonds. The Morgan fingerprint density at radius 3 is 2.91 bits per heavy atom. The fourth-order valence-corrected chi connectivity index (χ4v) is 5.89. The van der Waals surface area contributed by atoms with Gasteiger partial charge in [0, 0.05) is 23.1 Å². The van der Waals surface area contributed by atoms with Crippen molar-refractivity contribution < 1.29 is 9.53 Å². The van der Waals surface area contributed by atoms with E-state index in [9.17, 15) is 4.79 Å². The van der Waals surface area contributed by atoms with Gasteiger partial charge in [0.1, 0.15) is 5.75 Å². The van der Waals surface area contributed by atoms with Crippen LogP contribution in [0.15, 0.2) is 64.0 Å². The zero-order chi connectivity index (χ0) is 23.2. The predicted octanol–water partition coefficient (Wildman–Crippen LogP) is 5.44. The van der Waals surface area contributed by atoms with Crippen LogP contribution in [-0.2, 0) is 4.79 Å². The molecular formula is C27H26N4O2S. The van der Waals surface area contributed by atoms with Crippen molar-refractivity contribution in [3.05, 3.63) is 69.9 Å². The first-order valence-corrected chi connectivity index (χ1v) is 12.5. The van der Waals surface area contributed by atoms with Crippen LogP contribution < -0.4 is 14.9 Å². The molecule has 6 rings (SSSR count). The van der Waals surface area contributed by atoms with Crippen LogP contribution in [0.1, 0.15) is 24.0 Å². The van der Waals surface area contributed by atoms with Gasteiger partial charge in [0.25, 0.3) is 5.91 Å². The molecule has 1 saturated carbocycles. The number of hydrogen-bond acceptors (Lipinski definition) is 5. The molecule has 0 saturated heterocycles. The number of carbonyl (C=O) groups excluding carboxylic acids is 1. The fraction of sp³-hybridized carbons (Fsp3) is 0.296. The minimum Gasteiger partial charge on any atom is -0.482 e. The van der Waals surface area contributed by atoms with Gasteiger partial charge >= 0.3 is 0 Å². The van der Waals surface area contributed by atoms with E-state index < -0.39 is 0 Å². The maximum Gasteiger partial charge on any atom is 0.262 e. The van der Waals surface area contributed by atoms with Crippen molar-refractivity contribution in [2.45, 2.75) is 26.7 Å². The Bertz CT molecular complexity index is 1410. The van der Waals surface area contributed by atoms with E-state index in [1.165, 1.54) is 17.5 Å². The van der Waals surface area contributed by atoms with Crippen LogP contribution in [0.3, 0.4) is 0 Å². The second kappa shape index (κ2) is 8.40. The van der Waals surface area contributed by atoms with E-state index in [0.717, 1.165) is 28.2 Å². The Labute approximate surface area is 202 Å². The molecule has 7 heteroatoms. The molecule has 1 aliphatic heterocycles. The zero-order valence-corrected chi connectivity index (χ0v) is 20.0. The van der Waals surface area contributed by atoms with E-state index in [1.54, 1.807) is 11.3 Å². The molecule has 6 nitrogen and oxygen atoms in total. The zero-order valence-electron chi connectivity index (χ0n) is 19.2. The van der Waals surface area contributed by atoms with E-state index in [2.05, 4.69) is 49.0 Å². The number of benzene rings is 2. The van der Waals surface area contributed by atoms with Crippen molar-refractivity contribution in [2.24, 2.45) is 27.8 Å². The summed E-state index contributed by atoms with van der Waals surface area (Å²) in [6.45, 7) is 4.25. The van der Waals surface area contributed by atoms with Gasteiger partial charge < -0.3 is 10.1 Å². The number of ether oxygens (including phenoxy) is 1. The Morgan fingerprint density at radius 1 is 1.18 bits per heavy atom. The van der Waals surface area contributed by atoms with Gasteiger partial charge in [-0.2, -0.15) is 5.10 Å². The number of carbonyl (C=O) groups is 1. The number of allylic oxidation sites excluding steroid dienone is 2. The summed E-state index contributed by atoms with van der Waals surface area (Å²) >= 11 is 1.57. The first-order chi connectivity index (χ1) is 16.5. The summed E-state index contributed by atoms with van der Waals surface area (Å²) in [6.07, 6.45) is 9.20. The van der Waals surface area contributed by atoms with E-state index in [1.807, 2.05) is 35.0 Å². The third-order valence-electron chi connectivity index (χ3n) is 7.09. The van der Waals surface area contributed by atoms with Gasteiger partial charge in [0.05, 0.1) is 17.1 Å². The van der Waals surface area contributed by atoms with Gasteiger partial charge in [0.2, 0.25) is 4.80 Å². The third-order valence-corrected chi connectivity index (χ3v) is 7.91. The molecule has 2 aliphatic carbocycles. The van der Waals surface area contributed by atoms with Crippen molar-refractivity contribution in [2.75, 3.05) is 11.9 Å². The van der Waals surface area contributed by atoms with Crippen LogP contribution in [0, 0.1) is 31.6 Å². The first kappa shape index (κ1) is 21.1. The number of aryl methyl sites for hydroxylation is 1. The molecule has 1 N–H and O–H groups in total. The average Bonchev–Trinajstić information content (AvgIpc) is 3.56. The van der Waals surface area contributed by atoms with Crippen molar-refractivity contribution in [3.63, 3.8) is 0 Å². The minimum atomic E-state index is -0.143. The lowest BCUT2D eigenvalue weighted by molar-refractivity contribution is -0.118. The Kier molecular flexibility index (Phi) is 5.21. The normalized spacial score (nSPS) is 23.4. The molecule has 2 aromatic carbocycles. The number of thiazole rings is 1. The standard InChI is InChI=1S/C27H26N4O2S/c1-16-4-3-5-22(17(16)2)30-27-31(28-13-21-11-18-6-7-19(21)10-18)24(15-34-27)20-8-9-25-23(12-20)29-26(32)14-33-25/h3-9,12-13,15,18-19,21H,10-11,14H2,1-2H3,(H,29,32). The molecule has 3 atom stereocenters. The molecule has 3 unspecified atom stereocenters. The molecule has 34 heavy (non-hydrogen) atoms. The molecular weight excluding hydrogens is 444 g/mol. The number of aromatic nitrogens is 1. The maximum absolute atomic E-state index is 11.8. The van der Waals surface area contributed by atoms with Crippen LogP contribution in [0.4, 0.5) is 11.4 Å². The van der Waals surface area contributed by atoms with Crippen LogP contribution >= 0.6 is 11.3 Å². The summed E-state index contributed by atoms with van der Waals surface area (Å²) in [6, 6.07) is 12.0. The monoisotopic (exact) mass is 470 g/mol. The Hall–Kier alpha value is -3.45. The number of fused-ring (bicyclic) bond motifs is 3. The van der Waals surface area contributed by atoms with Crippen molar-refractivity contribution >= 4 is 34.8 Å². The number of nitrogens with one attached hydrogen (secondary N) is 1. The van der Waals surface area contributed by atoms with E-state index in [0.29, 0.717) is 29.2 Å². The minimum absolute atomic E-state index is 0.0476. The molecule has 0 radical (unpaired) electrons. The number of hydrogen-bond donors (Lipinski definition) is 1. The molecule has 172 valence electrons. The molecule has 1 fully saturated rings. The summed E-state index contributed by atoms with van der Waals surface area (Å²) in [5.74, 6) is 2.28. The number of rotatable bonds is 4. The highest BCUT2D eigenvalue weighted by Gasteiger charge is 2.34. The predicted molar refractivity (Wildman–Crippen MR) is 136 cm³/mol. The van der Waals surface area contributed by atoms with Gasteiger partial charge in [-0.05, 0) is 73.9 Å². The SMILES string of the molecule is Cc1cccc(N=c2scc(-c3ccc4c(c3)NC(=O)CO4)n2N=CC2CC3C=CC2C3)c1C. The van der Waals surface area contributed by atoms with Crippen molar-refractivity contribution in [1.29, 1.82) is 0 Å². The molecule has 2 bridgehead atoms. The van der Waals surface area contributed by atoms with E-state index in [4.69, 9.17) is 14.8 Å². The molecule has 1 aromatic heterocycles. The van der Waals surface area contributed by atoms with Crippen molar-refractivity contribution in [3.8, 4) is 17.0 Å². The molecule has 3 aliphatic rings. The molecule has 2 heterocycles. The smallest absolute Gasteiger partial charge is 0.262 e. The fourth-order valence-electron chi connectivity index (χ4n) is 5.04. The summed E-state index contributed by atoms with van der Waals surface area (Å²) in [5, 5.41) is 9.96. The van der Waals surface area contributed by atoms with Crippen LogP contribution in [0.2, 0.25) is 0 Å². The summed E-state index contributed by atoms with van der Waals surface area (Å²) in [5.41, 5.74) is 5.90. The van der Waals surface area contributed by atoms with Gasteiger partial charge in [-0.25, -0.2) is 9.67 Å². The number of nitrogens with zero attached hydrogens (tertiary/aromatic N) is 3. The van der Waals surface area contributed by atoms with Gasteiger partial charge in [0.15, 0.2) is 6.61 Å². The second-order valence-corrected chi connectivity index (χ2v) is 10.1. The third kappa shape index (κ3) is 3.80. The average molecular weight is 471 g/mol. The molecule has 3 aromatic rings. The summed E-state index contributed by atoms with van der Waals surface area (Å²) < 4.78 is 7.48. The van der Waals surface area contributed by atoms with Crippen LogP contribution in [0.5, 0.6) is 5.75 Å².